The lowest BCUT2D eigenvalue weighted by Crippen LogP contribution is -2.54. The topological polar surface area (TPSA) is 123 Å². The lowest BCUT2D eigenvalue weighted by atomic mass is 9.82. The summed E-state index contributed by atoms with van der Waals surface area (Å²) < 4.78 is 31.2. The van der Waals surface area contributed by atoms with E-state index in [2.05, 4.69) is 33.7 Å². The van der Waals surface area contributed by atoms with Crippen molar-refractivity contribution in [3.63, 3.8) is 0 Å². The van der Waals surface area contributed by atoms with Gasteiger partial charge in [-0.15, -0.1) is 0 Å². The Hall–Kier alpha value is -3.86. The third-order valence-corrected chi connectivity index (χ3v) is 9.64. The third kappa shape index (κ3) is 5.26. The van der Waals surface area contributed by atoms with Crippen LogP contribution in [0.15, 0.2) is 48.5 Å². The maximum atomic E-state index is 13.7. The number of sulfone groups is 1. The molecule has 0 radical (unpaired) electrons. The second-order valence-corrected chi connectivity index (χ2v) is 14.4. The predicted octanol–water partition coefficient (Wildman–Crippen LogP) is 3.06. The smallest absolute Gasteiger partial charge is 0.257 e. The molecule has 11 heteroatoms. The maximum absolute atomic E-state index is 13.7. The minimum Gasteiger partial charge on any atom is -0.487 e. The highest BCUT2D eigenvalue weighted by atomic mass is 32.2. The Balaban J connectivity index is 1.10. The predicted molar refractivity (Wildman–Crippen MR) is 159 cm³/mol. The molecule has 2 aliphatic carbocycles. The summed E-state index contributed by atoms with van der Waals surface area (Å²) in [5.74, 6) is 0.219. The summed E-state index contributed by atoms with van der Waals surface area (Å²) in [5, 5.41) is 10.8. The van der Waals surface area contributed by atoms with E-state index in [4.69, 9.17) is 9.84 Å². The molecule has 2 N–H and O–H groups in total. The second-order valence-electron chi connectivity index (χ2n) is 12.3. The van der Waals surface area contributed by atoms with Crippen molar-refractivity contribution >= 4 is 33.2 Å². The van der Waals surface area contributed by atoms with Crippen LogP contribution in [0, 0.1) is 5.92 Å². The molecular formula is C31H35N5O5S. The first-order valence-electron chi connectivity index (χ1n) is 14.7. The van der Waals surface area contributed by atoms with E-state index in [9.17, 15) is 18.0 Å². The molecule has 1 saturated heterocycles. The number of aryl methyl sites for hydroxylation is 2. The third-order valence-electron chi connectivity index (χ3n) is 8.86. The van der Waals surface area contributed by atoms with E-state index in [1.165, 1.54) is 18.4 Å². The molecule has 4 aliphatic rings. The van der Waals surface area contributed by atoms with Gasteiger partial charge in [0.15, 0.2) is 9.84 Å². The van der Waals surface area contributed by atoms with E-state index in [0.717, 1.165) is 55.6 Å². The highest BCUT2D eigenvalue weighted by Gasteiger charge is 2.47. The number of carbonyl (C=O) groups is 2. The van der Waals surface area contributed by atoms with Crippen molar-refractivity contribution in [1.29, 1.82) is 0 Å². The zero-order chi connectivity index (χ0) is 29.1. The first-order chi connectivity index (χ1) is 20.2. The van der Waals surface area contributed by atoms with Gasteiger partial charge in [-0.05, 0) is 60.6 Å². The van der Waals surface area contributed by atoms with Gasteiger partial charge in [-0.3, -0.25) is 9.59 Å². The molecular weight excluding hydrogens is 554 g/mol. The Morgan fingerprint density at radius 1 is 1.17 bits per heavy atom. The van der Waals surface area contributed by atoms with Gasteiger partial charge in [0.25, 0.3) is 5.91 Å². The first-order valence-corrected chi connectivity index (χ1v) is 16.7. The number of fused-ring (bicyclic) bond motifs is 3. The van der Waals surface area contributed by atoms with Crippen LogP contribution < -0.4 is 20.3 Å². The fraction of sp³-hybridized carbons (Fsp3) is 0.452. The molecule has 2 amide bonds. The number of nitrogens with one attached hydrogen (secondary N) is 2. The number of para-hydroxylation sites is 1. The average molecular weight is 590 g/mol. The van der Waals surface area contributed by atoms with Crippen LogP contribution >= 0.6 is 0 Å². The molecule has 2 fully saturated rings. The van der Waals surface area contributed by atoms with Gasteiger partial charge in [-0.25, -0.2) is 13.1 Å². The molecule has 1 atom stereocenters. The highest BCUT2D eigenvalue weighted by molar-refractivity contribution is 7.91. The zero-order valence-electron chi connectivity index (χ0n) is 23.6. The molecule has 7 rings (SSSR count). The van der Waals surface area contributed by atoms with E-state index in [1.807, 2.05) is 30.3 Å². The van der Waals surface area contributed by atoms with Gasteiger partial charge in [-0.2, -0.15) is 5.10 Å². The number of carbonyl (C=O) groups excluding carboxylic acids is 2. The lowest BCUT2D eigenvalue weighted by molar-refractivity contribution is -0.113. The number of rotatable bonds is 9. The van der Waals surface area contributed by atoms with Crippen LogP contribution in [-0.4, -0.2) is 61.2 Å². The summed E-state index contributed by atoms with van der Waals surface area (Å²) >= 11 is 0. The highest BCUT2D eigenvalue weighted by Crippen LogP contribution is 2.45. The molecule has 0 unspecified atom stereocenters. The Kier molecular flexibility index (Phi) is 6.52. The second kappa shape index (κ2) is 10.1. The summed E-state index contributed by atoms with van der Waals surface area (Å²) in [5.41, 5.74) is 3.91. The molecule has 1 saturated carbocycles. The van der Waals surface area contributed by atoms with Crippen molar-refractivity contribution in [2.24, 2.45) is 5.92 Å². The number of amides is 2. The Morgan fingerprint density at radius 3 is 2.69 bits per heavy atom. The van der Waals surface area contributed by atoms with Crippen molar-refractivity contribution in [3.05, 3.63) is 70.9 Å². The Morgan fingerprint density at radius 2 is 1.95 bits per heavy atom. The Bertz CT molecular complexity index is 1660. The number of hydrogen-bond donors (Lipinski definition) is 2. The minimum atomic E-state index is -3.52. The van der Waals surface area contributed by atoms with Gasteiger partial charge in [0.2, 0.25) is 5.91 Å². The monoisotopic (exact) mass is 589 g/mol. The SMILES string of the molecule is CS(=O)(=O)CC(=O)Nc1c2c(nn1CCC1CC1)C[C@@]1(CCc3cc(N4CC(Oc5ccccc5)C4)ccc31)NC2=O. The summed E-state index contributed by atoms with van der Waals surface area (Å²) in [6.45, 7) is 2.22. The Labute approximate surface area is 245 Å². The fourth-order valence-electron chi connectivity index (χ4n) is 6.55. The molecule has 2 aliphatic heterocycles. The summed E-state index contributed by atoms with van der Waals surface area (Å²) in [6.07, 6.45) is 6.56. The van der Waals surface area contributed by atoms with Gasteiger partial charge < -0.3 is 20.3 Å². The molecule has 1 spiro atoms. The molecule has 2 aromatic carbocycles. The largest absolute Gasteiger partial charge is 0.487 e. The van der Waals surface area contributed by atoms with Crippen LogP contribution in [0.3, 0.4) is 0 Å². The number of nitrogens with zero attached hydrogens (tertiary/aromatic N) is 3. The van der Waals surface area contributed by atoms with Crippen molar-refractivity contribution in [2.45, 2.75) is 56.7 Å². The molecule has 220 valence electrons. The first kappa shape index (κ1) is 27.0. The van der Waals surface area contributed by atoms with Gasteiger partial charge in [-0.1, -0.05) is 37.1 Å². The van der Waals surface area contributed by atoms with E-state index in [-0.39, 0.29) is 12.0 Å². The van der Waals surface area contributed by atoms with E-state index in [0.29, 0.717) is 36.0 Å². The summed E-state index contributed by atoms with van der Waals surface area (Å²) in [7, 11) is -3.52. The quantitative estimate of drug-likeness (QED) is 0.393. The van der Waals surface area contributed by atoms with Crippen LogP contribution in [0.2, 0.25) is 0 Å². The molecule has 10 nitrogen and oxygen atoms in total. The summed E-state index contributed by atoms with van der Waals surface area (Å²) in [4.78, 5) is 28.6. The van der Waals surface area contributed by atoms with Crippen molar-refractivity contribution in [3.8, 4) is 5.75 Å². The molecule has 0 bridgehead atoms. The van der Waals surface area contributed by atoms with Crippen LogP contribution in [0.25, 0.3) is 0 Å². The van der Waals surface area contributed by atoms with Crippen LogP contribution in [-0.2, 0) is 39.6 Å². The maximum Gasteiger partial charge on any atom is 0.257 e. The van der Waals surface area contributed by atoms with Crippen molar-refractivity contribution < 1.29 is 22.7 Å². The van der Waals surface area contributed by atoms with E-state index < -0.39 is 27.0 Å². The minimum absolute atomic E-state index is 0.158. The molecule has 3 aromatic rings. The molecule has 1 aromatic heterocycles. The zero-order valence-corrected chi connectivity index (χ0v) is 24.5. The van der Waals surface area contributed by atoms with E-state index >= 15 is 0 Å². The fourth-order valence-corrected chi connectivity index (χ4v) is 7.10. The molecule has 3 heterocycles. The molecule has 42 heavy (non-hydrogen) atoms. The average Bonchev–Trinajstić information content (AvgIpc) is 3.60. The summed E-state index contributed by atoms with van der Waals surface area (Å²) in [6, 6.07) is 16.4. The number of benzene rings is 2. The number of anilines is 2. The van der Waals surface area contributed by atoms with E-state index in [1.54, 1.807) is 4.68 Å². The van der Waals surface area contributed by atoms with Gasteiger partial charge >= 0.3 is 0 Å². The number of aromatic nitrogens is 2. The van der Waals surface area contributed by atoms with Crippen LogP contribution in [0.4, 0.5) is 11.5 Å². The number of hydrogen-bond acceptors (Lipinski definition) is 7. The van der Waals surface area contributed by atoms with Crippen molar-refractivity contribution in [1.82, 2.24) is 15.1 Å². The van der Waals surface area contributed by atoms with Gasteiger partial charge in [0.1, 0.15) is 29.0 Å². The number of ether oxygens (including phenoxy) is 1. The van der Waals surface area contributed by atoms with Gasteiger partial charge in [0.05, 0.1) is 24.3 Å². The standard InChI is InChI=1S/C31H35N5O5S/c1-42(39,40)19-27(37)32-29-28-26(34-36(29)14-12-20-7-8-20)16-31(33-30(28)38)13-11-21-15-22(9-10-25(21)31)35-17-24(18-35)41-23-5-3-2-4-6-23/h2-6,9-10,15,20,24H,7-8,11-14,16-19H2,1H3,(H,32,37)(H,33,38)/t31-/m1/s1. The van der Waals surface area contributed by atoms with Gasteiger partial charge in [0, 0.05) is 24.9 Å². The van der Waals surface area contributed by atoms with Crippen LogP contribution in [0.5, 0.6) is 5.75 Å². The lowest BCUT2D eigenvalue weighted by Gasteiger charge is -2.41. The normalized spacial score (nSPS) is 21.5. The van der Waals surface area contributed by atoms with Crippen LogP contribution in [0.1, 0.15) is 52.9 Å². The van der Waals surface area contributed by atoms with Crippen molar-refractivity contribution in [2.75, 3.05) is 35.3 Å².